The van der Waals surface area contributed by atoms with Gasteiger partial charge in [0.1, 0.15) is 0 Å². The largest absolute Gasteiger partial charge is 0.393 e. The summed E-state index contributed by atoms with van der Waals surface area (Å²) in [5.41, 5.74) is 1.13. The zero-order chi connectivity index (χ0) is 6.15. The molecule has 1 aliphatic carbocycles. The lowest BCUT2D eigenvalue weighted by molar-refractivity contribution is 0.0443. The molecule has 0 heterocycles. The van der Waals surface area contributed by atoms with Gasteiger partial charge < -0.3 is 5.11 Å². The van der Waals surface area contributed by atoms with Crippen LogP contribution < -0.4 is 0 Å². The molecule has 1 nitrogen and oxygen atoms in total. The first-order chi connectivity index (χ1) is 3.72. The fraction of sp³-hybridized carbons (Fsp3) is 0.714. The zero-order valence-corrected chi connectivity index (χ0v) is 5.22. The highest BCUT2D eigenvalue weighted by atomic mass is 16.3. The fourth-order valence-electron chi connectivity index (χ4n) is 1.06. The summed E-state index contributed by atoms with van der Waals surface area (Å²) in [6.07, 6.45) is 2.03. The van der Waals surface area contributed by atoms with E-state index in [4.69, 9.17) is 5.11 Å². The van der Waals surface area contributed by atoms with Gasteiger partial charge in [0.2, 0.25) is 0 Å². The summed E-state index contributed by atoms with van der Waals surface area (Å²) in [5.74, 6) is 0.412. The van der Waals surface area contributed by atoms with Gasteiger partial charge in [0.15, 0.2) is 0 Å². The Bertz CT molecular complexity index is 107. The highest BCUT2D eigenvalue weighted by Gasteiger charge is 2.28. The molecular formula is C7H12O. The molecule has 2 atom stereocenters. The first kappa shape index (κ1) is 5.83. The van der Waals surface area contributed by atoms with Gasteiger partial charge in [-0.2, -0.15) is 0 Å². The molecule has 0 aromatic carbocycles. The summed E-state index contributed by atoms with van der Waals surface area (Å²) in [7, 11) is 0. The van der Waals surface area contributed by atoms with Gasteiger partial charge in [-0.05, 0) is 19.8 Å². The Morgan fingerprint density at radius 1 is 1.62 bits per heavy atom. The summed E-state index contributed by atoms with van der Waals surface area (Å²) in [4.78, 5) is 0. The molecular weight excluding hydrogens is 100 g/mol. The van der Waals surface area contributed by atoms with Crippen LogP contribution >= 0.6 is 0 Å². The third-order valence-electron chi connectivity index (χ3n) is 1.87. The van der Waals surface area contributed by atoms with Gasteiger partial charge in [-0.25, -0.2) is 0 Å². The average Bonchev–Trinajstić information content (AvgIpc) is 1.61. The number of hydrogen-bond acceptors (Lipinski definition) is 1. The van der Waals surface area contributed by atoms with Crippen LogP contribution in [0.25, 0.3) is 0 Å². The minimum atomic E-state index is -0.0764. The van der Waals surface area contributed by atoms with Crippen LogP contribution in [0.5, 0.6) is 0 Å². The van der Waals surface area contributed by atoms with E-state index in [1.54, 1.807) is 0 Å². The van der Waals surface area contributed by atoms with Gasteiger partial charge in [-0.3, -0.25) is 0 Å². The third-order valence-corrected chi connectivity index (χ3v) is 1.87. The Morgan fingerprint density at radius 2 is 2.25 bits per heavy atom. The maximum atomic E-state index is 9.02. The minimum Gasteiger partial charge on any atom is -0.393 e. The Hall–Kier alpha value is -0.300. The predicted molar refractivity (Wildman–Crippen MR) is 33.5 cm³/mol. The lowest BCUT2D eigenvalue weighted by Gasteiger charge is -2.32. The van der Waals surface area contributed by atoms with Crippen LogP contribution in [0.2, 0.25) is 0 Å². The topological polar surface area (TPSA) is 20.2 Å². The Balaban J connectivity index is 2.37. The molecule has 1 aliphatic rings. The maximum Gasteiger partial charge on any atom is 0.0605 e. The Labute approximate surface area is 50.0 Å². The molecule has 0 aromatic rings. The molecule has 0 aliphatic heterocycles. The van der Waals surface area contributed by atoms with E-state index >= 15 is 0 Å². The molecule has 2 unspecified atom stereocenters. The van der Waals surface area contributed by atoms with Gasteiger partial charge in [-0.15, -0.1) is 0 Å². The highest BCUT2D eigenvalue weighted by Crippen LogP contribution is 2.32. The monoisotopic (exact) mass is 112 g/mol. The van der Waals surface area contributed by atoms with Crippen molar-refractivity contribution in [2.45, 2.75) is 25.9 Å². The number of aliphatic hydroxyl groups excluding tert-OH is 1. The van der Waals surface area contributed by atoms with E-state index in [0.29, 0.717) is 5.92 Å². The standard InChI is InChI=1S/C7H12O/c1-5(2)6-3-4-7(6)8/h6-8H,1,3-4H2,2H3. The molecule has 1 saturated carbocycles. The van der Waals surface area contributed by atoms with Gasteiger partial charge in [0.25, 0.3) is 0 Å². The van der Waals surface area contributed by atoms with Crippen LogP contribution in [0.15, 0.2) is 12.2 Å². The molecule has 0 amide bonds. The second-order valence-corrected chi connectivity index (χ2v) is 2.60. The van der Waals surface area contributed by atoms with Crippen molar-refractivity contribution in [1.82, 2.24) is 0 Å². The molecule has 1 heteroatoms. The number of hydrogen-bond donors (Lipinski definition) is 1. The first-order valence-electron chi connectivity index (χ1n) is 3.05. The minimum absolute atomic E-state index is 0.0764. The smallest absolute Gasteiger partial charge is 0.0605 e. The van der Waals surface area contributed by atoms with Crippen molar-refractivity contribution in [1.29, 1.82) is 0 Å². The highest BCUT2D eigenvalue weighted by molar-refractivity contribution is 5.04. The number of rotatable bonds is 1. The van der Waals surface area contributed by atoms with Crippen molar-refractivity contribution in [2.75, 3.05) is 0 Å². The van der Waals surface area contributed by atoms with Crippen LogP contribution in [0.3, 0.4) is 0 Å². The van der Waals surface area contributed by atoms with Gasteiger partial charge in [-0.1, -0.05) is 12.2 Å². The van der Waals surface area contributed by atoms with E-state index in [2.05, 4.69) is 6.58 Å². The van der Waals surface area contributed by atoms with E-state index in [-0.39, 0.29) is 6.10 Å². The van der Waals surface area contributed by atoms with Crippen LogP contribution in [0.4, 0.5) is 0 Å². The molecule has 0 spiro atoms. The SMILES string of the molecule is C=C(C)C1CCC1O. The zero-order valence-electron chi connectivity index (χ0n) is 5.22. The van der Waals surface area contributed by atoms with Crippen molar-refractivity contribution < 1.29 is 5.11 Å². The fourth-order valence-corrected chi connectivity index (χ4v) is 1.06. The Morgan fingerprint density at radius 3 is 2.25 bits per heavy atom. The van der Waals surface area contributed by atoms with Crippen LogP contribution in [0.1, 0.15) is 19.8 Å². The lowest BCUT2D eigenvalue weighted by atomic mass is 9.78. The molecule has 1 rings (SSSR count). The molecule has 1 fully saturated rings. The van der Waals surface area contributed by atoms with Crippen molar-refractivity contribution in [3.63, 3.8) is 0 Å². The third kappa shape index (κ3) is 0.781. The van der Waals surface area contributed by atoms with Crippen molar-refractivity contribution in [3.05, 3.63) is 12.2 Å². The molecule has 1 N–H and O–H groups in total. The molecule has 0 bridgehead atoms. The van der Waals surface area contributed by atoms with Gasteiger partial charge in [0.05, 0.1) is 6.10 Å². The van der Waals surface area contributed by atoms with Crippen LogP contribution in [-0.4, -0.2) is 11.2 Å². The van der Waals surface area contributed by atoms with E-state index in [0.717, 1.165) is 18.4 Å². The van der Waals surface area contributed by atoms with E-state index in [9.17, 15) is 0 Å². The quantitative estimate of drug-likeness (QED) is 0.507. The average molecular weight is 112 g/mol. The summed E-state index contributed by atoms with van der Waals surface area (Å²) in [5, 5.41) is 9.02. The van der Waals surface area contributed by atoms with Crippen molar-refractivity contribution in [3.8, 4) is 0 Å². The molecule has 8 heavy (non-hydrogen) atoms. The normalized spacial score (nSPS) is 36.2. The van der Waals surface area contributed by atoms with E-state index in [1.807, 2.05) is 6.92 Å². The summed E-state index contributed by atoms with van der Waals surface area (Å²) in [6.45, 7) is 5.75. The van der Waals surface area contributed by atoms with Crippen molar-refractivity contribution >= 4 is 0 Å². The van der Waals surface area contributed by atoms with Crippen molar-refractivity contribution in [2.24, 2.45) is 5.92 Å². The van der Waals surface area contributed by atoms with E-state index in [1.165, 1.54) is 0 Å². The maximum absolute atomic E-state index is 9.02. The van der Waals surface area contributed by atoms with E-state index < -0.39 is 0 Å². The second kappa shape index (κ2) is 1.90. The lowest BCUT2D eigenvalue weighted by Crippen LogP contribution is -2.31. The van der Waals surface area contributed by atoms with Gasteiger partial charge >= 0.3 is 0 Å². The predicted octanol–water partition coefficient (Wildman–Crippen LogP) is 1.33. The molecule has 0 radical (unpaired) electrons. The van der Waals surface area contributed by atoms with Crippen LogP contribution in [-0.2, 0) is 0 Å². The molecule has 46 valence electrons. The molecule has 0 saturated heterocycles. The second-order valence-electron chi connectivity index (χ2n) is 2.60. The Kier molecular flexibility index (Phi) is 1.39. The summed E-state index contributed by atoms with van der Waals surface area (Å²) in [6, 6.07) is 0. The van der Waals surface area contributed by atoms with Gasteiger partial charge in [0, 0.05) is 5.92 Å². The summed E-state index contributed by atoms with van der Waals surface area (Å²) < 4.78 is 0. The van der Waals surface area contributed by atoms with Crippen LogP contribution in [0, 0.1) is 5.92 Å². The summed E-state index contributed by atoms with van der Waals surface area (Å²) >= 11 is 0. The molecule has 0 aromatic heterocycles. The number of aliphatic hydroxyl groups is 1. The first-order valence-corrected chi connectivity index (χ1v) is 3.05.